The standard InChI is InChI=1S/C32H30F3N3O8/c1-45-28-15-21(16-29(39)40)7-10-27(28)46-23-11-13-36(14-12-23)30(41)31(42,32(33,34)35)25-19-37(18-20-5-3-2-4-6-20)26-17-22(38(43)44)8-9-24(25)26/h2-10,15,17,19,23,42H,11-14,16,18H2,1H3,(H,39,40). The Balaban J connectivity index is 1.42. The van der Waals surface area contributed by atoms with Crippen molar-refractivity contribution >= 4 is 28.5 Å². The lowest BCUT2D eigenvalue weighted by Crippen LogP contribution is -2.57. The number of aliphatic carboxylic acids is 1. The van der Waals surface area contributed by atoms with Crippen molar-refractivity contribution in [2.45, 2.75) is 43.7 Å². The third-order valence-electron chi connectivity index (χ3n) is 7.99. The first-order valence-corrected chi connectivity index (χ1v) is 14.3. The van der Waals surface area contributed by atoms with Crippen LogP contribution in [0.15, 0.2) is 72.9 Å². The molecular formula is C32H30F3N3O8. The maximum absolute atomic E-state index is 14.8. The van der Waals surface area contributed by atoms with Gasteiger partial charge >= 0.3 is 12.1 Å². The lowest BCUT2D eigenvalue weighted by atomic mass is 9.90. The molecule has 1 amide bonds. The number of rotatable bonds is 10. The normalized spacial score (nSPS) is 15.4. The van der Waals surface area contributed by atoms with Crippen molar-refractivity contribution in [1.82, 2.24) is 9.47 Å². The molecule has 5 rings (SSSR count). The van der Waals surface area contributed by atoms with Crippen molar-refractivity contribution in [3.8, 4) is 11.5 Å². The van der Waals surface area contributed by atoms with Gasteiger partial charge in [-0.25, -0.2) is 0 Å². The van der Waals surface area contributed by atoms with E-state index in [1.54, 1.807) is 42.5 Å². The van der Waals surface area contributed by atoms with Crippen LogP contribution < -0.4 is 9.47 Å². The molecule has 1 aliphatic rings. The van der Waals surface area contributed by atoms with Gasteiger partial charge in [-0.15, -0.1) is 0 Å². The van der Waals surface area contributed by atoms with E-state index in [1.807, 2.05) is 0 Å². The van der Waals surface area contributed by atoms with Crippen molar-refractivity contribution in [2.75, 3.05) is 20.2 Å². The van der Waals surface area contributed by atoms with Crippen LogP contribution in [0.3, 0.4) is 0 Å². The van der Waals surface area contributed by atoms with Gasteiger partial charge in [0.05, 0.1) is 24.0 Å². The lowest BCUT2D eigenvalue weighted by molar-refractivity contribution is -0.384. The van der Waals surface area contributed by atoms with Crippen LogP contribution in [-0.4, -0.2) is 69.0 Å². The van der Waals surface area contributed by atoms with Crippen molar-refractivity contribution in [3.05, 3.63) is 99.7 Å². The van der Waals surface area contributed by atoms with E-state index in [0.717, 1.165) is 29.3 Å². The summed E-state index contributed by atoms with van der Waals surface area (Å²) in [6, 6.07) is 16.6. The van der Waals surface area contributed by atoms with Gasteiger partial charge in [-0.3, -0.25) is 19.7 Å². The third kappa shape index (κ3) is 6.33. The molecule has 2 heterocycles. The molecule has 0 bridgehead atoms. The average molecular weight is 642 g/mol. The molecule has 11 nitrogen and oxygen atoms in total. The van der Waals surface area contributed by atoms with E-state index in [2.05, 4.69) is 0 Å². The highest BCUT2D eigenvalue weighted by Gasteiger charge is 2.63. The summed E-state index contributed by atoms with van der Waals surface area (Å²) >= 11 is 0. The van der Waals surface area contributed by atoms with Crippen LogP contribution in [0, 0.1) is 10.1 Å². The molecule has 0 saturated carbocycles. The fraction of sp³-hybridized carbons (Fsp3) is 0.312. The summed E-state index contributed by atoms with van der Waals surface area (Å²) in [5.41, 5.74) is -3.80. The van der Waals surface area contributed by atoms with Gasteiger partial charge in [0.25, 0.3) is 17.2 Å². The summed E-state index contributed by atoms with van der Waals surface area (Å²) in [6.07, 6.45) is -4.85. The van der Waals surface area contributed by atoms with Crippen LogP contribution in [0.4, 0.5) is 18.9 Å². The lowest BCUT2D eigenvalue weighted by Gasteiger charge is -2.38. The summed E-state index contributed by atoms with van der Waals surface area (Å²) in [5.74, 6) is -1.98. The number of hydrogen-bond acceptors (Lipinski definition) is 7. The minimum atomic E-state index is -5.43. The molecule has 1 unspecified atom stereocenters. The zero-order valence-corrected chi connectivity index (χ0v) is 24.6. The predicted octanol–water partition coefficient (Wildman–Crippen LogP) is 5.05. The van der Waals surface area contributed by atoms with Gasteiger partial charge in [-0.1, -0.05) is 36.4 Å². The first-order chi connectivity index (χ1) is 21.8. The Kier molecular flexibility index (Phi) is 8.92. The second-order valence-corrected chi connectivity index (χ2v) is 11.0. The smallest absolute Gasteiger partial charge is 0.430 e. The molecule has 0 spiro atoms. The molecule has 1 atom stereocenters. The SMILES string of the molecule is COc1cc(CC(=O)O)ccc1OC1CCN(C(=O)C(O)(c2cn(Cc3ccccc3)c3cc([N+](=O)[O-])ccc23)C(F)(F)F)CC1. The Morgan fingerprint density at radius 3 is 2.30 bits per heavy atom. The van der Waals surface area contributed by atoms with E-state index in [-0.39, 0.29) is 61.2 Å². The molecule has 1 saturated heterocycles. The van der Waals surface area contributed by atoms with Crippen LogP contribution >= 0.6 is 0 Å². The highest BCUT2D eigenvalue weighted by molar-refractivity contribution is 5.95. The number of carbonyl (C=O) groups is 2. The molecule has 4 aromatic rings. The number of nitro groups is 1. The van der Waals surface area contributed by atoms with Crippen LogP contribution in [0.25, 0.3) is 10.9 Å². The summed E-state index contributed by atoms with van der Waals surface area (Å²) < 4.78 is 57.2. The summed E-state index contributed by atoms with van der Waals surface area (Å²) in [7, 11) is 1.39. The number of nitro benzene ring substituents is 1. The van der Waals surface area contributed by atoms with Gasteiger partial charge in [0, 0.05) is 61.8 Å². The number of halogens is 3. The molecule has 0 aliphatic carbocycles. The summed E-state index contributed by atoms with van der Waals surface area (Å²) in [5, 5.41) is 31.8. The number of hydrogen-bond donors (Lipinski definition) is 2. The van der Waals surface area contributed by atoms with Crippen LogP contribution in [0.2, 0.25) is 0 Å². The van der Waals surface area contributed by atoms with Gasteiger partial charge in [-0.05, 0) is 29.3 Å². The number of carboxylic acid groups (broad SMARTS) is 1. The Hall–Kier alpha value is -5.11. The fourth-order valence-electron chi connectivity index (χ4n) is 5.66. The molecule has 46 heavy (non-hydrogen) atoms. The Labute approximate surface area is 260 Å². The van der Waals surface area contributed by atoms with E-state index in [1.165, 1.54) is 17.7 Å². The number of likely N-dealkylation sites (tertiary alicyclic amines) is 1. The van der Waals surface area contributed by atoms with E-state index < -0.39 is 40.2 Å². The number of non-ortho nitro benzene ring substituents is 1. The molecule has 1 fully saturated rings. The maximum Gasteiger partial charge on any atom is 0.430 e. The number of amides is 1. The van der Waals surface area contributed by atoms with Gasteiger partial charge < -0.3 is 29.2 Å². The monoisotopic (exact) mass is 641 g/mol. The van der Waals surface area contributed by atoms with E-state index in [4.69, 9.17) is 14.6 Å². The second-order valence-electron chi connectivity index (χ2n) is 11.0. The molecule has 0 radical (unpaired) electrons. The van der Waals surface area contributed by atoms with Gasteiger partial charge in [0.2, 0.25) is 0 Å². The number of alkyl halides is 3. The Bertz CT molecular complexity index is 1770. The van der Waals surface area contributed by atoms with Crippen molar-refractivity contribution in [1.29, 1.82) is 0 Å². The first kappa shape index (κ1) is 32.3. The summed E-state index contributed by atoms with van der Waals surface area (Å²) in [4.78, 5) is 36.5. The zero-order valence-electron chi connectivity index (χ0n) is 24.6. The van der Waals surface area contributed by atoms with Crippen LogP contribution in [0.1, 0.15) is 29.5 Å². The number of benzene rings is 3. The number of methoxy groups -OCH3 is 1. The summed E-state index contributed by atoms with van der Waals surface area (Å²) in [6.45, 7) is -0.283. The number of fused-ring (bicyclic) bond motifs is 1. The van der Waals surface area contributed by atoms with E-state index in [9.17, 15) is 38.0 Å². The molecule has 242 valence electrons. The molecule has 1 aromatic heterocycles. The van der Waals surface area contributed by atoms with Crippen LogP contribution in [-0.2, 0) is 28.2 Å². The molecule has 1 aliphatic heterocycles. The van der Waals surface area contributed by atoms with Crippen molar-refractivity contribution in [2.24, 2.45) is 0 Å². The largest absolute Gasteiger partial charge is 0.493 e. The maximum atomic E-state index is 14.8. The Morgan fingerprint density at radius 2 is 1.70 bits per heavy atom. The molecule has 14 heteroatoms. The van der Waals surface area contributed by atoms with Gasteiger partial charge in [-0.2, -0.15) is 13.2 Å². The minimum absolute atomic E-state index is 0.0319. The number of aliphatic hydroxyl groups is 1. The minimum Gasteiger partial charge on any atom is -0.493 e. The number of carboxylic acids is 1. The fourth-order valence-corrected chi connectivity index (χ4v) is 5.66. The van der Waals surface area contributed by atoms with Crippen LogP contribution in [0.5, 0.6) is 11.5 Å². The Morgan fingerprint density at radius 1 is 1.00 bits per heavy atom. The molecule has 2 N–H and O–H groups in total. The van der Waals surface area contributed by atoms with E-state index >= 15 is 0 Å². The van der Waals surface area contributed by atoms with E-state index in [0.29, 0.717) is 16.9 Å². The quantitative estimate of drug-likeness (QED) is 0.181. The number of carbonyl (C=O) groups excluding carboxylic acids is 1. The number of nitrogens with zero attached hydrogens (tertiary/aromatic N) is 3. The highest BCUT2D eigenvalue weighted by Crippen LogP contribution is 2.45. The zero-order chi connectivity index (χ0) is 33.2. The highest BCUT2D eigenvalue weighted by atomic mass is 19.4. The first-order valence-electron chi connectivity index (χ1n) is 14.3. The topological polar surface area (TPSA) is 144 Å². The number of aromatic nitrogens is 1. The molecular weight excluding hydrogens is 611 g/mol. The average Bonchev–Trinajstić information content (AvgIpc) is 3.38. The number of ether oxygens (including phenoxy) is 2. The van der Waals surface area contributed by atoms with Gasteiger partial charge in [0.1, 0.15) is 6.10 Å². The van der Waals surface area contributed by atoms with Crippen molar-refractivity contribution < 1.29 is 47.4 Å². The van der Waals surface area contributed by atoms with Crippen molar-refractivity contribution in [3.63, 3.8) is 0 Å². The second kappa shape index (κ2) is 12.7. The number of piperidine rings is 1. The predicted molar refractivity (Wildman–Crippen MR) is 159 cm³/mol. The molecule has 3 aromatic carbocycles. The third-order valence-corrected chi connectivity index (χ3v) is 7.99. The van der Waals surface area contributed by atoms with Gasteiger partial charge in [0.15, 0.2) is 11.5 Å².